The maximum Gasteiger partial charge on any atom is 0.225 e. The number of aromatic nitrogens is 2. The fraction of sp³-hybridized carbons (Fsp3) is 0. The normalized spacial score (nSPS) is 11.9. The minimum Gasteiger partial charge on any atom is -0.248 e. The summed E-state index contributed by atoms with van der Waals surface area (Å²) in [5.41, 5.74) is 2.44. The van der Waals surface area contributed by atoms with Crippen molar-refractivity contribution in [2.45, 2.75) is 0 Å². The van der Waals surface area contributed by atoms with Gasteiger partial charge in [-0.15, -0.1) is 22.7 Å². The lowest BCUT2D eigenvalue weighted by molar-refractivity contribution is 1.43. The van der Waals surface area contributed by atoms with Gasteiger partial charge in [-0.25, -0.2) is 14.8 Å². The smallest absolute Gasteiger partial charge is 0.225 e. The Bertz CT molecular complexity index is 984. The molecule has 2 aromatic carbocycles. The summed E-state index contributed by atoms with van der Waals surface area (Å²) in [5.74, 6) is 0. The van der Waals surface area contributed by atoms with Crippen LogP contribution in [0, 0.1) is 6.57 Å². The molecular formula is C17H9N3S2. The second kappa shape index (κ2) is 5.34. The molecule has 2 aromatic heterocycles. The molecule has 0 unspecified atom stereocenters. The molecule has 0 bridgehead atoms. The van der Waals surface area contributed by atoms with Gasteiger partial charge in [-0.2, -0.15) is 0 Å². The first-order valence-electron chi connectivity index (χ1n) is 6.64. The molecule has 4 aromatic rings. The second-order valence-electron chi connectivity index (χ2n) is 4.65. The van der Waals surface area contributed by atoms with Gasteiger partial charge < -0.3 is 0 Å². The summed E-state index contributed by atoms with van der Waals surface area (Å²) in [5, 5.41) is 1.59. The highest BCUT2D eigenvalue weighted by molar-refractivity contribution is 7.20. The Morgan fingerprint density at radius 2 is 1.55 bits per heavy atom. The Kier molecular flexibility index (Phi) is 3.19. The molecule has 22 heavy (non-hydrogen) atoms. The van der Waals surface area contributed by atoms with Crippen LogP contribution < -0.4 is 0 Å². The molecule has 0 spiro atoms. The van der Waals surface area contributed by atoms with Crippen molar-refractivity contribution < 1.29 is 0 Å². The second-order valence-corrected chi connectivity index (χ2v) is 6.74. The van der Waals surface area contributed by atoms with E-state index >= 15 is 0 Å². The topological polar surface area (TPSA) is 30.1 Å². The third-order valence-corrected chi connectivity index (χ3v) is 5.25. The van der Waals surface area contributed by atoms with Crippen LogP contribution in [0.2, 0.25) is 0 Å². The molecular weight excluding hydrogens is 310 g/mol. The molecule has 0 amide bonds. The largest absolute Gasteiger partial charge is 0.248 e. The Morgan fingerprint density at radius 1 is 0.909 bits per heavy atom. The quantitative estimate of drug-likeness (QED) is 0.468. The minimum atomic E-state index is 0.542. The first-order chi connectivity index (χ1) is 10.8. The zero-order chi connectivity index (χ0) is 14.9. The summed E-state index contributed by atoms with van der Waals surface area (Å²) in [6, 6.07) is 15.9. The predicted octanol–water partition coefficient (Wildman–Crippen LogP) is 5.32. The van der Waals surface area contributed by atoms with Crippen molar-refractivity contribution in [3.8, 4) is 0 Å². The Labute approximate surface area is 135 Å². The van der Waals surface area contributed by atoms with Gasteiger partial charge in [-0.3, -0.25) is 0 Å². The molecule has 2 heterocycles. The lowest BCUT2D eigenvalue weighted by Crippen LogP contribution is -1.77. The Hall–Kier alpha value is -2.55. The highest BCUT2D eigenvalue weighted by Crippen LogP contribution is 2.31. The zero-order valence-corrected chi connectivity index (χ0v) is 13.0. The van der Waals surface area contributed by atoms with E-state index in [-0.39, 0.29) is 0 Å². The highest BCUT2D eigenvalue weighted by atomic mass is 32.1. The molecule has 0 radical (unpaired) electrons. The van der Waals surface area contributed by atoms with Gasteiger partial charge in [0, 0.05) is 0 Å². The monoisotopic (exact) mass is 319 g/mol. The van der Waals surface area contributed by atoms with E-state index in [9.17, 15) is 0 Å². The number of benzene rings is 2. The third-order valence-electron chi connectivity index (χ3n) is 3.20. The molecule has 104 valence electrons. The Morgan fingerprint density at radius 3 is 2.18 bits per heavy atom. The van der Waals surface area contributed by atoms with Crippen molar-refractivity contribution in [3.05, 3.63) is 70.0 Å². The number of rotatable bonds is 2. The fourth-order valence-corrected chi connectivity index (χ4v) is 4.02. The molecule has 0 saturated heterocycles. The summed E-state index contributed by atoms with van der Waals surface area (Å²) >= 11 is 3.13. The van der Waals surface area contributed by atoms with E-state index < -0.39 is 0 Å². The van der Waals surface area contributed by atoms with Crippen molar-refractivity contribution in [2.75, 3.05) is 0 Å². The summed E-state index contributed by atoms with van der Waals surface area (Å²) in [4.78, 5) is 12.7. The number of hydrogen-bond acceptors (Lipinski definition) is 4. The molecule has 0 aliphatic rings. The van der Waals surface area contributed by atoms with Crippen LogP contribution in [0.5, 0.6) is 0 Å². The number of nitrogens with zero attached hydrogens (tertiary/aromatic N) is 3. The van der Waals surface area contributed by atoms with Crippen molar-refractivity contribution in [1.82, 2.24) is 9.97 Å². The summed E-state index contributed by atoms with van der Waals surface area (Å²) in [6.45, 7) is 7.45. The summed E-state index contributed by atoms with van der Waals surface area (Å²) < 4.78 is 2.22. The first kappa shape index (κ1) is 13.1. The van der Waals surface area contributed by atoms with E-state index in [1.165, 1.54) is 11.3 Å². The van der Waals surface area contributed by atoms with Crippen LogP contribution in [0.1, 0.15) is 10.0 Å². The van der Waals surface area contributed by atoms with Crippen LogP contribution in [0.4, 0.5) is 0 Å². The van der Waals surface area contributed by atoms with E-state index in [0.717, 1.165) is 30.4 Å². The van der Waals surface area contributed by atoms with Gasteiger partial charge in [0.1, 0.15) is 10.0 Å². The number of hydrogen-bond donors (Lipinski definition) is 0. The molecule has 0 atom stereocenters. The van der Waals surface area contributed by atoms with E-state index in [4.69, 9.17) is 6.57 Å². The molecule has 5 heteroatoms. The van der Waals surface area contributed by atoms with Crippen LogP contribution in [0.15, 0.2) is 48.5 Å². The highest BCUT2D eigenvalue weighted by Gasteiger charge is 2.10. The van der Waals surface area contributed by atoms with Gasteiger partial charge in [0.2, 0.25) is 5.70 Å². The zero-order valence-electron chi connectivity index (χ0n) is 11.4. The van der Waals surface area contributed by atoms with Gasteiger partial charge >= 0.3 is 0 Å². The maximum atomic E-state index is 7.45. The molecule has 3 nitrogen and oxygen atoms in total. The molecule has 4 rings (SSSR count). The van der Waals surface area contributed by atoms with Crippen LogP contribution >= 0.6 is 22.7 Å². The van der Waals surface area contributed by atoms with Crippen LogP contribution in [0.25, 0.3) is 37.1 Å². The lowest BCUT2D eigenvalue weighted by Gasteiger charge is -1.90. The Balaban J connectivity index is 1.82. The lowest BCUT2D eigenvalue weighted by atomic mass is 10.3. The van der Waals surface area contributed by atoms with Crippen molar-refractivity contribution in [3.63, 3.8) is 0 Å². The average molecular weight is 319 g/mol. The molecule has 0 saturated carbocycles. The molecule has 0 aliphatic heterocycles. The number of para-hydroxylation sites is 2. The fourth-order valence-electron chi connectivity index (χ4n) is 2.19. The minimum absolute atomic E-state index is 0.542. The number of thiazole rings is 2. The van der Waals surface area contributed by atoms with E-state index in [0.29, 0.717) is 5.70 Å². The van der Waals surface area contributed by atoms with Gasteiger partial charge in [-0.05, 0) is 30.3 Å². The molecule has 0 aliphatic carbocycles. The maximum absolute atomic E-state index is 7.45. The van der Waals surface area contributed by atoms with E-state index in [1.54, 1.807) is 11.3 Å². The summed E-state index contributed by atoms with van der Waals surface area (Å²) in [7, 11) is 0. The van der Waals surface area contributed by atoms with Gasteiger partial charge in [0.25, 0.3) is 0 Å². The van der Waals surface area contributed by atoms with Crippen LogP contribution in [0.3, 0.4) is 0 Å². The van der Waals surface area contributed by atoms with Gasteiger partial charge in [0.15, 0.2) is 0 Å². The summed E-state index contributed by atoms with van der Waals surface area (Å²) in [6.07, 6.45) is 1.83. The van der Waals surface area contributed by atoms with E-state index in [2.05, 4.69) is 14.8 Å². The van der Waals surface area contributed by atoms with Gasteiger partial charge in [-0.1, -0.05) is 24.3 Å². The number of fused-ring (bicyclic) bond motifs is 2. The average Bonchev–Trinajstić information content (AvgIpc) is 3.15. The SMILES string of the molecule is [C-]#[N+]C(=Cc1nc2ccccc2s1)c1nc2ccccc2s1. The first-order valence-corrected chi connectivity index (χ1v) is 8.27. The molecule has 0 fully saturated rings. The molecule has 0 N–H and O–H groups in total. The van der Waals surface area contributed by atoms with E-state index in [1.807, 2.05) is 54.6 Å². The van der Waals surface area contributed by atoms with Crippen LogP contribution in [-0.4, -0.2) is 9.97 Å². The third kappa shape index (κ3) is 2.29. The van der Waals surface area contributed by atoms with Crippen LogP contribution in [-0.2, 0) is 0 Å². The van der Waals surface area contributed by atoms with Crippen molar-refractivity contribution >= 4 is 54.9 Å². The predicted molar refractivity (Wildman–Crippen MR) is 93.7 cm³/mol. The van der Waals surface area contributed by atoms with Crippen molar-refractivity contribution in [1.29, 1.82) is 0 Å². The van der Waals surface area contributed by atoms with Crippen molar-refractivity contribution in [2.24, 2.45) is 0 Å². The van der Waals surface area contributed by atoms with Gasteiger partial charge in [0.05, 0.1) is 27.0 Å². The standard InChI is InChI=1S/C17H9N3S2/c1-18-13(17-20-12-7-3-5-9-15(12)22-17)10-16-19-11-6-2-4-8-14(11)21-16/h2-10H.